The van der Waals surface area contributed by atoms with Crippen molar-refractivity contribution in [1.82, 2.24) is 35.0 Å². The number of aryl methyl sites for hydroxylation is 3. The largest absolute Gasteiger partial charge is 0.361 e. The zero-order valence-corrected chi connectivity index (χ0v) is 15.2. The summed E-state index contributed by atoms with van der Waals surface area (Å²) in [5, 5.41) is 16.5. The second-order valence-corrected chi connectivity index (χ2v) is 6.83. The van der Waals surface area contributed by atoms with E-state index in [2.05, 4.69) is 30.3 Å². The SMILES string of the molecule is Cc1nc([C@H]2CCCN2Cc2c(-c3cc(C)on3)nn(C)c2Cl)n[nH]1. The molecule has 0 aromatic carbocycles. The van der Waals surface area contributed by atoms with Gasteiger partial charge in [0.1, 0.15) is 28.1 Å². The first-order chi connectivity index (χ1) is 12.0. The molecule has 3 aromatic rings. The Morgan fingerprint density at radius 2 is 2.24 bits per heavy atom. The summed E-state index contributed by atoms with van der Waals surface area (Å²) in [6.07, 6.45) is 2.14. The molecule has 0 aliphatic carbocycles. The van der Waals surface area contributed by atoms with Crippen LogP contribution in [0, 0.1) is 13.8 Å². The fourth-order valence-electron chi connectivity index (χ4n) is 3.39. The van der Waals surface area contributed by atoms with Crippen LogP contribution in [0.4, 0.5) is 0 Å². The van der Waals surface area contributed by atoms with Crippen molar-refractivity contribution in [2.75, 3.05) is 6.54 Å². The van der Waals surface area contributed by atoms with Crippen LogP contribution < -0.4 is 0 Å². The van der Waals surface area contributed by atoms with Crippen LogP contribution in [0.5, 0.6) is 0 Å². The van der Waals surface area contributed by atoms with Gasteiger partial charge in [0.05, 0.1) is 6.04 Å². The van der Waals surface area contributed by atoms with E-state index in [4.69, 9.17) is 16.1 Å². The number of rotatable bonds is 4. The topological polar surface area (TPSA) is 88.7 Å². The molecule has 0 radical (unpaired) electrons. The fraction of sp³-hybridized carbons (Fsp3) is 0.500. The van der Waals surface area contributed by atoms with Crippen molar-refractivity contribution in [2.24, 2.45) is 7.05 Å². The summed E-state index contributed by atoms with van der Waals surface area (Å²) < 4.78 is 6.88. The molecule has 132 valence electrons. The molecule has 0 unspecified atom stereocenters. The van der Waals surface area contributed by atoms with Gasteiger partial charge in [-0.15, -0.1) is 0 Å². The van der Waals surface area contributed by atoms with Crippen LogP contribution >= 0.6 is 11.6 Å². The Morgan fingerprint density at radius 3 is 2.92 bits per heavy atom. The standard InChI is InChI=1S/C16H20ClN7O/c1-9-7-12(22-25-9)14-11(15(17)23(3)21-14)8-24-6-4-5-13(24)16-18-10(2)19-20-16/h7,13H,4-6,8H2,1-3H3,(H,18,19,20)/t13-/m1/s1. The minimum Gasteiger partial charge on any atom is -0.361 e. The lowest BCUT2D eigenvalue weighted by atomic mass is 10.1. The van der Waals surface area contributed by atoms with Crippen LogP contribution in [-0.2, 0) is 13.6 Å². The lowest BCUT2D eigenvalue weighted by Crippen LogP contribution is -2.24. The normalized spacial score (nSPS) is 18.3. The first-order valence-electron chi connectivity index (χ1n) is 8.31. The lowest BCUT2D eigenvalue weighted by Gasteiger charge is -2.22. The van der Waals surface area contributed by atoms with E-state index in [-0.39, 0.29) is 6.04 Å². The molecule has 0 bridgehead atoms. The van der Waals surface area contributed by atoms with Gasteiger partial charge in [-0.25, -0.2) is 4.98 Å². The summed E-state index contributed by atoms with van der Waals surface area (Å²) in [5.74, 6) is 2.42. The van der Waals surface area contributed by atoms with Gasteiger partial charge in [0, 0.05) is 25.2 Å². The van der Waals surface area contributed by atoms with Crippen molar-refractivity contribution < 1.29 is 4.52 Å². The molecule has 1 aliphatic heterocycles. The highest BCUT2D eigenvalue weighted by molar-refractivity contribution is 6.30. The van der Waals surface area contributed by atoms with Crippen molar-refractivity contribution in [2.45, 2.75) is 39.3 Å². The van der Waals surface area contributed by atoms with Crippen LogP contribution in [-0.4, -0.2) is 41.6 Å². The van der Waals surface area contributed by atoms with Crippen LogP contribution in [0.3, 0.4) is 0 Å². The third kappa shape index (κ3) is 2.96. The monoisotopic (exact) mass is 361 g/mol. The first-order valence-corrected chi connectivity index (χ1v) is 8.68. The van der Waals surface area contributed by atoms with Gasteiger partial charge >= 0.3 is 0 Å². The third-order valence-corrected chi connectivity index (χ3v) is 5.05. The molecular weight excluding hydrogens is 342 g/mol. The van der Waals surface area contributed by atoms with E-state index < -0.39 is 0 Å². The predicted molar refractivity (Wildman–Crippen MR) is 92.0 cm³/mol. The molecule has 3 aromatic heterocycles. The van der Waals surface area contributed by atoms with E-state index in [0.29, 0.717) is 17.4 Å². The number of hydrogen-bond acceptors (Lipinski definition) is 6. The number of likely N-dealkylation sites (tertiary alicyclic amines) is 1. The quantitative estimate of drug-likeness (QED) is 0.768. The van der Waals surface area contributed by atoms with Gasteiger partial charge in [-0.05, 0) is 33.2 Å². The maximum absolute atomic E-state index is 6.52. The summed E-state index contributed by atoms with van der Waals surface area (Å²) in [6.45, 7) is 5.43. The smallest absolute Gasteiger partial charge is 0.167 e. The zero-order valence-electron chi connectivity index (χ0n) is 14.5. The summed E-state index contributed by atoms with van der Waals surface area (Å²) in [6, 6.07) is 2.07. The van der Waals surface area contributed by atoms with Crippen LogP contribution in [0.25, 0.3) is 11.4 Å². The Balaban J connectivity index is 1.66. The molecular formula is C16H20ClN7O. The van der Waals surface area contributed by atoms with Crippen LogP contribution in [0.15, 0.2) is 10.6 Å². The lowest BCUT2D eigenvalue weighted by molar-refractivity contribution is 0.240. The molecule has 1 saturated heterocycles. The fourth-order valence-corrected chi connectivity index (χ4v) is 3.58. The highest BCUT2D eigenvalue weighted by atomic mass is 35.5. The number of halogens is 1. The summed E-state index contributed by atoms with van der Waals surface area (Å²) in [7, 11) is 1.84. The predicted octanol–water partition coefficient (Wildman–Crippen LogP) is 2.80. The van der Waals surface area contributed by atoms with Gasteiger partial charge in [0.15, 0.2) is 5.82 Å². The van der Waals surface area contributed by atoms with Crippen molar-refractivity contribution >= 4 is 11.6 Å². The Hall–Kier alpha value is -2.19. The van der Waals surface area contributed by atoms with Gasteiger partial charge in [-0.3, -0.25) is 14.7 Å². The van der Waals surface area contributed by atoms with Crippen molar-refractivity contribution in [3.05, 3.63) is 34.2 Å². The minimum absolute atomic E-state index is 0.188. The minimum atomic E-state index is 0.188. The molecule has 0 amide bonds. The summed E-state index contributed by atoms with van der Waals surface area (Å²) >= 11 is 6.52. The average molecular weight is 362 g/mol. The molecule has 0 saturated carbocycles. The Bertz CT molecular complexity index is 896. The number of nitrogens with zero attached hydrogens (tertiary/aromatic N) is 6. The summed E-state index contributed by atoms with van der Waals surface area (Å²) in [5.41, 5.74) is 2.43. The van der Waals surface area contributed by atoms with Gasteiger partial charge in [-0.1, -0.05) is 16.8 Å². The van der Waals surface area contributed by atoms with E-state index in [1.807, 2.05) is 27.0 Å². The maximum atomic E-state index is 6.52. The second kappa shape index (κ2) is 6.27. The molecule has 1 atom stereocenters. The molecule has 4 rings (SSSR count). The van der Waals surface area contributed by atoms with Gasteiger partial charge < -0.3 is 4.52 Å². The average Bonchev–Trinajstić information content (AvgIpc) is 3.33. The van der Waals surface area contributed by atoms with Crippen molar-refractivity contribution in [1.29, 1.82) is 0 Å². The number of hydrogen-bond donors (Lipinski definition) is 1. The highest BCUT2D eigenvalue weighted by Crippen LogP contribution is 2.35. The Morgan fingerprint density at radius 1 is 1.40 bits per heavy atom. The van der Waals surface area contributed by atoms with Crippen LogP contribution in [0.2, 0.25) is 5.15 Å². The first kappa shape index (κ1) is 16.3. The van der Waals surface area contributed by atoms with E-state index in [1.165, 1.54) is 0 Å². The molecule has 1 N–H and O–H groups in total. The van der Waals surface area contributed by atoms with E-state index in [1.54, 1.807) is 4.68 Å². The van der Waals surface area contributed by atoms with E-state index >= 15 is 0 Å². The molecule has 8 nitrogen and oxygen atoms in total. The Kier molecular flexibility index (Phi) is 4.09. The molecule has 25 heavy (non-hydrogen) atoms. The van der Waals surface area contributed by atoms with E-state index in [0.717, 1.165) is 48.1 Å². The van der Waals surface area contributed by atoms with Crippen LogP contribution in [0.1, 0.15) is 41.9 Å². The molecule has 4 heterocycles. The highest BCUT2D eigenvalue weighted by Gasteiger charge is 2.31. The maximum Gasteiger partial charge on any atom is 0.167 e. The molecule has 9 heteroatoms. The van der Waals surface area contributed by atoms with Gasteiger partial charge in [0.25, 0.3) is 0 Å². The number of aromatic nitrogens is 6. The second-order valence-electron chi connectivity index (χ2n) is 6.47. The van der Waals surface area contributed by atoms with Crippen molar-refractivity contribution in [3.63, 3.8) is 0 Å². The van der Waals surface area contributed by atoms with Crippen molar-refractivity contribution in [3.8, 4) is 11.4 Å². The molecule has 0 spiro atoms. The summed E-state index contributed by atoms with van der Waals surface area (Å²) in [4.78, 5) is 6.86. The third-order valence-electron chi connectivity index (χ3n) is 4.58. The number of nitrogens with one attached hydrogen (secondary N) is 1. The number of aromatic amines is 1. The van der Waals surface area contributed by atoms with Gasteiger partial charge in [-0.2, -0.15) is 10.2 Å². The number of H-pyrrole nitrogens is 1. The Labute approximate surface area is 150 Å². The van der Waals surface area contributed by atoms with Gasteiger partial charge in [0.2, 0.25) is 0 Å². The molecule has 1 fully saturated rings. The zero-order chi connectivity index (χ0) is 17.6. The van der Waals surface area contributed by atoms with E-state index in [9.17, 15) is 0 Å². The molecule has 1 aliphatic rings.